The van der Waals surface area contributed by atoms with E-state index in [2.05, 4.69) is 23.3 Å². The van der Waals surface area contributed by atoms with Crippen LogP contribution in [0.5, 0.6) is 5.75 Å². The summed E-state index contributed by atoms with van der Waals surface area (Å²) >= 11 is 0. The van der Waals surface area contributed by atoms with E-state index in [0.717, 1.165) is 17.1 Å². The van der Waals surface area contributed by atoms with Crippen molar-refractivity contribution in [1.29, 1.82) is 0 Å². The molecule has 0 aliphatic rings. The lowest BCUT2D eigenvalue weighted by atomic mass is 10.2. The van der Waals surface area contributed by atoms with Crippen molar-refractivity contribution < 1.29 is 4.74 Å². The summed E-state index contributed by atoms with van der Waals surface area (Å²) in [5.41, 5.74) is 2.30. The number of aryl methyl sites for hydroxylation is 1. The summed E-state index contributed by atoms with van der Waals surface area (Å²) in [6.07, 6.45) is 1.78. The maximum Gasteiger partial charge on any atom is 0.126 e. The van der Waals surface area contributed by atoms with E-state index >= 15 is 0 Å². The highest BCUT2D eigenvalue weighted by Crippen LogP contribution is 2.15. The first-order valence-electron chi connectivity index (χ1n) is 5.60. The number of nitrogens with zero attached hydrogens (tertiary/aromatic N) is 1. The van der Waals surface area contributed by atoms with Crippen molar-refractivity contribution in [3.63, 3.8) is 0 Å². The minimum Gasteiger partial charge on any atom is -0.489 e. The van der Waals surface area contributed by atoms with Gasteiger partial charge in [-0.2, -0.15) is 0 Å². The summed E-state index contributed by atoms with van der Waals surface area (Å²) in [5.74, 6) is 1.75. The monoisotopic (exact) mass is 228 g/mol. The molecule has 2 rings (SSSR count). The van der Waals surface area contributed by atoms with Crippen LogP contribution in [0.1, 0.15) is 11.1 Å². The fourth-order valence-electron chi connectivity index (χ4n) is 1.57. The van der Waals surface area contributed by atoms with Gasteiger partial charge in [0.2, 0.25) is 0 Å². The van der Waals surface area contributed by atoms with Crippen molar-refractivity contribution in [2.45, 2.75) is 13.5 Å². The largest absolute Gasteiger partial charge is 0.489 e. The van der Waals surface area contributed by atoms with Crippen molar-refractivity contribution in [3.8, 4) is 5.75 Å². The summed E-state index contributed by atoms with van der Waals surface area (Å²) in [6, 6.07) is 12.0. The molecule has 0 fully saturated rings. The maximum atomic E-state index is 5.72. The molecular weight excluding hydrogens is 212 g/mol. The lowest BCUT2D eigenvalue weighted by molar-refractivity contribution is 0.306. The van der Waals surface area contributed by atoms with Gasteiger partial charge in [0.05, 0.1) is 0 Å². The van der Waals surface area contributed by atoms with E-state index in [1.54, 1.807) is 6.20 Å². The van der Waals surface area contributed by atoms with Gasteiger partial charge in [0, 0.05) is 13.2 Å². The van der Waals surface area contributed by atoms with Crippen LogP contribution < -0.4 is 10.1 Å². The Kier molecular flexibility index (Phi) is 3.60. The Bertz CT molecular complexity index is 497. The standard InChI is InChI=1S/C14H16N2O/c1-11-4-3-5-13(8-11)17-10-12-6-7-16-14(9-12)15-2/h3-9H,10H2,1-2H3,(H,15,16). The first kappa shape index (κ1) is 11.5. The van der Waals surface area contributed by atoms with Crippen molar-refractivity contribution >= 4 is 5.82 Å². The Morgan fingerprint density at radius 3 is 2.88 bits per heavy atom. The molecule has 1 heterocycles. The molecule has 0 amide bonds. The molecule has 0 spiro atoms. The molecule has 17 heavy (non-hydrogen) atoms. The normalized spacial score (nSPS) is 10.0. The van der Waals surface area contributed by atoms with E-state index in [1.807, 2.05) is 37.4 Å². The molecule has 1 aromatic carbocycles. The maximum absolute atomic E-state index is 5.72. The van der Waals surface area contributed by atoms with Gasteiger partial charge in [-0.05, 0) is 42.3 Å². The van der Waals surface area contributed by atoms with Gasteiger partial charge in [-0.15, -0.1) is 0 Å². The highest BCUT2D eigenvalue weighted by molar-refractivity contribution is 5.36. The number of hydrogen-bond donors (Lipinski definition) is 1. The number of ether oxygens (including phenoxy) is 1. The topological polar surface area (TPSA) is 34.1 Å². The quantitative estimate of drug-likeness (QED) is 0.873. The third kappa shape index (κ3) is 3.21. The first-order chi connectivity index (χ1) is 8.28. The second-order valence-electron chi connectivity index (χ2n) is 3.90. The minimum atomic E-state index is 0.556. The first-order valence-corrected chi connectivity index (χ1v) is 5.60. The summed E-state index contributed by atoms with van der Waals surface area (Å²) in [7, 11) is 1.85. The fraction of sp³-hybridized carbons (Fsp3) is 0.214. The van der Waals surface area contributed by atoms with Crippen LogP contribution >= 0.6 is 0 Å². The van der Waals surface area contributed by atoms with Gasteiger partial charge < -0.3 is 10.1 Å². The van der Waals surface area contributed by atoms with Gasteiger partial charge in [-0.25, -0.2) is 4.98 Å². The van der Waals surface area contributed by atoms with Crippen LogP contribution in [-0.4, -0.2) is 12.0 Å². The fourth-order valence-corrected chi connectivity index (χ4v) is 1.57. The highest BCUT2D eigenvalue weighted by Gasteiger charge is 1.98. The van der Waals surface area contributed by atoms with Gasteiger partial charge in [-0.1, -0.05) is 12.1 Å². The number of benzene rings is 1. The van der Waals surface area contributed by atoms with E-state index in [1.165, 1.54) is 5.56 Å². The lowest BCUT2D eigenvalue weighted by Gasteiger charge is -2.07. The van der Waals surface area contributed by atoms with Gasteiger partial charge >= 0.3 is 0 Å². The molecule has 0 unspecified atom stereocenters. The van der Waals surface area contributed by atoms with E-state index in [0.29, 0.717) is 6.61 Å². The van der Waals surface area contributed by atoms with Crippen LogP contribution in [0, 0.1) is 6.92 Å². The molecule has 0 aliphatic carbocycles. The van der Waals surface area contributed by atoms with Crippen molar-refractivity contribution in [1.82, 2.24) is 4.98 Å². The Labute approximate surface area is 101 Å². The number of pyridine rings is 1. The smallest absolute Gasteiger partial charge is 0.126 e. The second kappa shape index (κ2) is 5.34. The summed E-state index contributed by atoms with van der Waals surface area (Å²) in [6.45, 7) is 2.61. The van der Waals surface area contributed by atoms with Gasteiger partial charge in [-0.3, -0.25) is 0 Å². The van der Waals surface area contributed by atoms with Crippen LogP contribution in [0.25, 0.3) is 0 Å². The van der Waals surface area contributed by atoms with Crippen LogP contribution in [-0.2, 0) is 6.61 Å². The second-order valence-corrected chi connectivity index (χ2v) is 3.90. The third-order valence-electron chi connectivity index (χ3n) is 2.48. The van der Waals surface area contributed by atoms with E-state index in [9.17, 15) is 0 Å². The molecule has 3 nitrogen and oxygen atoms in total. The Morgan fingerprint density at radius 1 is 1.24 bits per heavy atom. The molecule has 0 radical (unpaired) electrons. The average molecular weight is 228 g/mol. The van der Waals surface area contributed by atoms with Crippen molar-refractivity contribution in [2.24, 2.45) is 0 Å². The molecule has 0 atom stereocenters. The number of nitrogens with one attached hydrogen (secondary N) is 1. The van der Waals surface area contributed by atoms with Gasteiger partial charge in [0.25, 0.3) is 0 Å². The predicted octanol–water partition coefficient (Wildman–Crippen LogP) is 3.01. The highest BCUT2D eigenvalue weighted by atomic mass is 16.5. The molecule has 0 saturated carbocycles. The Morgan fingerprint density at radius 2 is 2.12 bits per heavy atom. The molecule has 0 aliphatic heterocycles. The van der Waals surface area contributed by atoms with Crippen LogP contribution in [0.3, 0.4) is 0 Å². The predicted molar refractivity (Wildman–Crippen MR) is 69.3 cm³/mol. The zero-order valence-electron chi connectivity index (χ0n) is 10.1. The number of aromatic nitrogens is 1. The molecule has 0 bridgehead atoms. The van der Waals surface area contributed by atoms with E-state index in [4.69, 9.17) is 4.74 Å². The summed E-state index contributed by atoms with van der Waals surface area (Å²) in [4.78, 5) is 4.16. The Balaban J connectivity index is 2.02. The number of hydrogen-bond acceptors (Lipinski definition) is 3. The molecule has 88 valence electrons. The van der Waals surface area contributed by atoms with Crippen LogP contribution in [0.15, 0.2) is 42.6 Å². The summed E-state index contributed by atoms with van der Waals surface area (Å²) < 4.78 is 5.72. The lowest BCUT2D eigenvalue weighted by Crippen LogP contribution is -1.98. The zero-order chi connectivity index (χ0) is 12.1. The molecule has 1 N–H and O–H groups in total. The number of rotatable bonds is 4. The van der Waals surface area contributed by atoms with Crippen molar-refractivity contribution in [3.05, 3.63) is 53.7 Å². The SMILES string of the molecule is CNc1cc(COc2cccc(C)c2)ccn1. The van der Waals surface area contributed by atoms with E-state index < -0.39 is 0 Å². The van der Waals surface area contributed by atoms with Gasteiger partial charge in [0.15, 0.2) is 0 Å². The molecule has 3 heteroatoms. The molecule has 0 saturated heterocycles. The van der Waals surface area contributed by atoms with Crippen LogP contribution in [0.4, 0.5) is 5.82 Å². The van der Waals surface area contributed by atoms with Crippen LogP contribution in [0.2, 0.25) is 0 Å². The minimum absolute atomic E-state index is 0.556. The average Bonchev–Trinajstić information content (AvgIpc) is 2.37. The molecule has 1 aromatic heterocycles. The Hall–Kier alpha value is -2.03. The summed E-state index contributed by atoms with van der Waals surface area (Å²) in [5, 5.41) is 3.01. The molecular formula is C14H16N2O. The molecule has 2 aromatic rings. The third-order valence-corrected chi connectivity index (χ3v) is 2.48. The number of anilines is 1. The van der Waals surface area contributed by atoms with E-state index in [-0.39, 0.29) is 0 Å². The van der Waals surface area contributed by atoms with Crippen molar-refractivity contribution in [2.75, 3.05) is 12.4 Å². The zero-order valence-corrected chi connectivity index (χ0v) is 10.1. The van der Waals surface area contributed by atoms with Gasteiger partial charge in [0.1, 0.15) is 18.2 Å².